The van der Waals surface area contributed by atoms with Gasteiger partial charge < -0.3 is 35.0 Å². The molecule has 1 aliphatic heterocycles. The van der Waals surface area contributed by atoms with E-state index in [0.29, 0.717) is 32.7 Å². The zero-order valence-electron chi connectivity index (χ0n) is 33.4. The van der Waals surface area contributed by atoms with E-state index in [0.717, 1.165) is 50.7 Å². The number of nitrogens with one attached hydrogen (secondary N) is 1. The molecular formula is C44H58GdN5O7S. The molecule has 0 aromatic heterocycles. The van der Waals surface area contributed by atoms with Crippen molar-refractivity contribution < 1.29 is 74.4 Å². The summed E-state index contributed by atoms with van der Waals surface area (Å²) < 4.78 is -0.291. The Hall–Kier alpha value is -2.95. The van der Waals surface area contributed by atoms with Gasteiger partial charge in [0, 0.05) is 78.5 Å². The molecule has 1 amide bonds. The molecule has 1 aliphatic rings. The fraction of sp³-hybridized carbons (Fsp3) is 0.500. The number of nitrogens with zero attached hydrogens (tertiary/aromatic N) is 4. The van der Waals surface area contributed by atoms with Crippen molar-refractivity contribution in [2.45, 2.75) is 49.7 Å². The normalized spacial score (nSPS) is 15.4. The number of amides is 1. The molecular weight excluding hydrogens is 900 g/mol. The molecule has 1 heterocycles. The van der Waals surface area contributed by atoms with Crippen LogP contribution < -0.4 is 20.6 Å². The van der Waals surface area contributed by atoms with Gasteiger partial charge in [0.15, 0.2) is 0 Å². The van der Waals surface area contributed by atoms with Crippen LogP contribution in [0.25, 0.3) is 0 Å². The van der Waals surface area contributed by atoms with E-state index >= 15 is 0 Å². The van der Waals surface area contributed by atoms with Gasteiger partial charge in [0.2, 0.25) is 5.91 Å². The second-order valence-corrected chi connectivity index (χ2v) is 16.0. The maximum atomic E-state index is 13.0. The number of hydrogen-bond donors (Lipinski definition) is 1. The van der Waals surface area contributed by atoms with Crippen LogP contribution in [0.15, 0.2) is 91.0 Å². The van der Waals surface area contributed by atoms with Crippen LogP contribution in [0.5, 0.6) is 0 Å². The van der Waals surface area contributed by atoms with Crippen LogP contribution in [0.2, 0.25) is 0 Å². The van der Waals surface area contributed by atoms with Crippen molar-refractivity contribution in [3.63, 3.8) is 0 Å². The average Bonchev–Trinajstić information content (AvgIpc) is 3.20. The summed E-state index contributed by atoms with van der Waals surface area (Å²) in [5.41, 5.74) is 3.84. The summed E-state index contributed by atoms with van der Waals surface area (Å²) in [5.74, 6) is -2.87. The molecule has 0 spiro atoms. The standard InChI is InChI=1S/C44H61N5O7S.Gd/c50-40(33-46-24-26-47(34-41(51)52)28-30-49(36-43(55)56)31-29-48(27-25-46)35-42(53)54)45-23-15-4-2-1-3-5-16-32-57-44(37-17-9-6-10-18-37,38-19-11-7-12-20-38)39-21-13-8-14-22-39;/h6-14,17-22H,1-5,15-16,23-36H2,(H,45,50)(H,51,52)(H,53,54)(H,55,56);/q;+3/p-3. The molecule has 4 rings (SSSR count). The minimum Gasteiger partial charge on any atom is -0.549 e. The van der Waals surface area contributed by atoms with Gasteiger partial charge in [0.25, 0.3) is 0 Å². The third-order valence-electron chi connectivity index (χ3n) is 10.4. The van der Waals surface area contributed by atoms with E-state index in [2.05, 4.69) is 96.3 Å². The molecule has 58 heavy (non-hydrogen) atoms. The van der Waals surface area contributed by atoms with Crippen LogP contribution in [-0.4, -0.2) is 134 Å². The number of carbonyl (C=O) groups is 4. The van der Waals surface area contributed by atoms with E-state index < -0.39 is 17.9 Å². The minimum absolute atomic E-state index is 0. The van der Waals surface area contributed by atoms with Crippen molar-refractivity contribution in [2.24, 2.45) is 0 Å². The Morgan fingerprint density at radius 3 is 1.14 bits per heavy atom. The van der Waals surface area contributed by atoms with E-state index in [-0.39, 0.29) is 103 Å². The van der Waals surface area contributed by atoms with E-state index in [1.165, 1.54) is 16.7 Å². The number of thioether (sulfide) groups is 1. The fourth-order valence-corrected chi connectivity index (χ4v) is 8.91. The Kier molecular flexibility index (Phi) is 23.6. The van der Waals surface area contributed by atoms with E-state index in [1.54, 1.807) is 14.7 Å². The zero-order valence-corrected chi connectivity index (χ0v) is 36.5. The quantitative estimate of drug-likeness (QED) is 0.113. The third-order valence-corrected chi connectivity index (χ3v) is 12.0. The molecule has 3 aromatic carbocycles. The number of carboxylic acids is 3. The Morgan fingerprint density at radius 1 is 0.483 bits per heavy atom. The molecule has 12 nitrogen and oxygen atoms in total. The van der Waals surface area contributed by atoms with Crippen LogP contribution in [0.1, 0.15) is 61.6 Å². The summed E-state index contributed by atoms with van der Waals surface area (Å²) >= 11 is 2.01. The van der Waals surface area contributed by atoms with Gasteiger partial charge in [-0.25, -0.2) is 0 Å². The van der Waals surface area contributed by atoms with Gasteiger partial charge in [-0.1, -0.05) is 123 Å². The molecule has 1 radical (unpaired) electrons. The molecule has 0 bridgehead atoms. The number of hydrogen-bond acceptors (Lipinski definition) is 12. The summed E-state index contributed by atoms with van der Waals surface area (Å²) in [6, 6.07) is 32.4. The van der Waals surface area contributed by atoms with Gasteiger partial charge in [-0.05, 0) is 35.3 Å². The maximum absolute atomic E-state index is 13.0. The summed E-state index contributed by atoms with van der Waals surface area (Å²) in [4.78, 5) is 53.9. The molecule has 0 atom stereocenters. The van der Waals surface area contributed by atoms with Gasteiger partial charge >= 0.3 is 39.9 Å². The second kappa shape index (κ2) is 27.7. The first-order valence-electron chi connectivity index (χ1n) is 20.2. The Bertz CT molecular complexity index is 1510. The zero-order chi connectivity index (χ0) is 40.7. The molecule has 0 unspecified atom stereocenters. The van der Waals surface area contributed by atoms with E-state index in [4.69, 9.17) is 0 Å². The van der Waals surface area contributed by atoms with Gasteiger partial charge in [-0.3, -0.25) is 24.4 Å². The molecule has 0 saturated carbocycles. The molecule has 1 N–H and O–H groups in total. The predicted octanol–water partition coefficient (Wildman–Crippen LogP) is 1.03. The van der Waals surface area contributed by atoms with Crippen molar-refractivity contribution >= 4 is 35.6 Å². The SMILES string of the molecule is O=C([O-])CN1CCN(CC(=O)[O-])CCN(CC(=O)NCCCCCCCCCSC(c2ccccc2)(c2ccccc2)c2ccccc2)CCN(CC(=O)[O-])CC1.[Gd+3]. The number of aliphatic carboxylic acids is 3. The van der Waals surface area contributed by atoms with Crippen LogP contribution in [0, 0.1) is 39.9 Å². The van der Waals surface area contributed by atoms with Gasteiger partial charge in [0.05, 0.1) is 29.2 Å². The third kappa shape index (κ3) is 17.7. The predicted molar refractivity (Wildman–Crippen MR) is 218 cm³/mol. The first-order chi connectivity index (χ1) is 27.7. The van der Waals surface area contributed by atoms with Crippen molar-refractivity contribution in [3.8, 4) is 0 Å². The Labute approximate surface area is 380 Å². The number of benzene rings is 3. The second-order valence-electron chi connectivity index (χ2n) is 14.7. The van der Waals surface area contributed by atoms with Gasteiger partial charge in [0.1, 0.15) is 0 Å². The monoisotopic (exact) mass is 958 g/mol. The van der Waals surface area contributed by atoms with Crippen molar-refractivity contribution in [1.29, 1.82) is 0 Å². The number of carbonyl (C=O) groups excluding carboxylic acids is 4. The average molecular weight is 958 g/mol. The Morgan fingerprint density at radius 2 is 0.793 bits per heavy atom. The first kappa shape index (κ1) is 49.4. The van der Waals surface area contributed by atoms with Crippen LogP contribution in [0.4, 0.5) is 0 Å². The summed E-state index contributed by atoms with van der Waals surface area (Å²) in [5, 5.41) is 37.2. The van der Waals surface area contributed by atoms with Crippen molar-refractivity contribution in [2.75, 3.05) is 90.8 Å². The number of carboxylic acid groups (broad SMARTS) is 3. The molecule has 14 heteroatoms. The van der Waals surface area contributed by atoms with Crippen molar-refractivity contribution in [1.82, 2.24) is 24.9 Å². The summed E-state index contributed by atoms with van der Waals surface area (Å²) in [6.45, 7) is 2.02. The number of rotatable bonds is 22. The van der Waals surface area contributed by atoms with E-state index in [1.807, 2.05) is 16.7 Å². The van der Waals surface area contributed by atoms with Gasteiger partial charge in [-0.2, -0.15) is 0 Å². The summed E-state index contributed by atoms with van der Waals surface area (Å²) in [6.07, 6.45) is 7.58. The Balaban J connectivity index is 0.00000900. The van der Waals surface area contributed by atoms with Crippen LogP contribution in [-0.2, 0) is 23.9 Å². The molecule has 1 saturated heterocycles. The topological polar surface area (TPSA) is 162 Å². The maximum Gasteiger partial charge on any atom is 3.00 e. The smallest absolute Gasteiger partial charge is 0.549 e. The van der Waals surface area contributed by atoms with Crippen LogP contribution >= 0.6 is 11.8 Å². The molecule has 315 valence electrons. The molecule has 0 aliphatic carbocycles. The fourth-order valence-electron chi connectivity index (χ4n) is 7.35. The van der Waals surface area contributed by atoms with Crippen LogP contribution in [0.3, 0.4) is 0 Å². The molecule has 3 aromatic rings. The minimum atomic E-state index is -1.27. The van der Waals surface area contributed by atoms with Gasteiger partial charge in [-0.15, -0.1) is 11.8 Å². The largest absolute Gasteiger partial charge is 3.00 e. The van der Waals surface area contributed by atoms with Crippen molar-refractivity contribution in [3.05, 3.63) is 108 Å². The first-order valence-corrected chi connectivity index (χ1v) is 21.2. The molecule has 1 fully saturated rings. The number of unbranched alkanes of at least 4 members (excludes halogenated alkanes) is 6. The summed E-state index contributed by atoms with van der Waals surface area (Å²) in [7, 11) is 0. The van der Waals surface area contributed by atoms with E-state index in [9.17, 15) is 34.5 Å².